The zero-order valence-corrected chi connectivity index (χ0v) is 13.5. The highest BCUT2D eigenvalue weighted by atomic mass is 35.5. The number of benzene rings is 3. The van der Waals surface area contributed by atoms with Crippen molar-refractivity contribution < 1.29 is 9.59 Å². The number of carbonyl (C=O) groups is 2. The first-order valence-electron chi connectivity index (χ1n) is 7.45. The van der Waals surface area contributed by atoms with Gasteiger partial charge in [-0.15, -0.1) is 0 Å². The molecule has 3 aromatic rings. The molecule has 24 heavy (non-hydrogen) atoms. The maximum absolute atomic E-state index is 12.1. The highest BCUT2D eigenvalue weighted by molar-refractivity contribution is 6.31. The summed E-state index contributed by atoms with van der Waals surface area (Å²) in [7, 11) is 0. The lowest BCUT2D eigenvalue weighted by molar-refractivity contribution is -0.115. The highest BCUT2D eigenvalue weighted by Crippen LogP contribution is 2.22. The normalized spacial score (nSPS) is 10.4. The Labute approximate surface area is 144 Å². The van der Waals surface area contributed by atoms with Gasteiger partial charge < -0.3 is 10.6 Å². The topological polar surface area (TPSA) is 58.2 Å². The van der Waals surface area contributed by atoms with Crippen LogP contribution in [0.4, 0.5) is 5.69 Å². The Morgan fingerprint density at radius 1 is 0.917 bits per heavy atom. The summed E-state index contributed by atoms with van der Waals surface area (Å²) in [4.78, 5) is 24.1. The summed E-state index contributed by atoms with van der Waals surface area (Å²) in [6.07, 6.45) is 0. The molecule has 3 aromatic carbocycles. The lowest BCUT2D eigenvalue weighted by Gasteiger charge is -2.09. The lowest BCUT2D eigenvalue weighted by atomic mass is 10.1. The van der Waals surface area contributed by atoms with E-state index in [9.17, 15) is 9.59 Å². The Hall–Kier alpha value is -2.85. The van der Waals surface area contributed by atoms with Gasteiger partial charge in [-0.1, -0.05) is 54.1 Å². The summed E-state index contributed by atoms with van der Waals surface area (Å²) >= 11 is 5.86. The van der Waals surface area contributed by atoms with Gasteiger partial charge in [0.15, 0.2) is 0 Å². The third-order valence-corrected chi connectivity index (χ3v) is 3.80. The van der Waals surface area contributed by atoms with Crippen LogP contribution in [0.5, 0.6) is 0 Å². The van der Waals surface area contributed by atoms with Crippen LogP contribution in [0.25, 0.3) is 10.8 Å². The molecule has 0 spiro atoms. The van der Waals surface area contributed by atoms with E-state index in [-0.39, 0.29) is 18.4 Å². The van der Waals surface area contributed by atoms with Crippen molar-refractivity contribution in [1.82, 2.24) is 5.32 Å². The van der Waals surface area contributed by atoms with Crippen molar-refractivity contribution in [3.8, 4) is 0 Å². The Bertz CT molecular complexity index is 903. The largest absolute Gasteiger partial charge is 0.343 e. The first kappa shape index (κ1) is 16.0. The zero-order valence-electron chi connectivity index (χ0n) is 12.8. The van der Waals surface area contributed by atoms with Gasteiger partial charge in [-0.25, -0.2) is 0 Å². The fourth-order valence-electron chi connectivity index (χ4n) is 2.42. The molecule has 0 radical (unpaired) electrons. The number of hydrogen-bond donors (Lipinski definition) is 2. The summed E-state index contributed by atoms with van der Waals surface area (Å²) in [5, 5.41) is 7.88. The molecule has 0 atom stereocenters. The summed E-state index contributed by atoms with van der Waals surface area (Å²) in [6, 6.07) is 20.0. The number of nitrogens with one attached hydrogen (secondary N) is 2. The van der Waals surface area contributed by atoms with Gasteiger partial charge in [0.2, 0.25) is 5.91 Å². The Balaban J connectivity index is 1.64. The molecule has 0 aromatic heterocycles. The molecule has 0 saturated heterocycles. The van der Waals surface area contributed by atoms with Crippen LogP contribution in [0.2, 0.25) is 5.02 Å². The van der Waals surface area contributed by atoms with Crippen LogP contribution in [-0.2, 0) is 4.79 Å². The van der Waals surface area contributed by atoms with Crippen LogP contribution in [0.3, 0.4) is 0 Å². The smallest absolute Gasteiger partial charge is 0.251 e. The molecule has 2 N–H and O–H groups in total. The zero-order chi connectivity index (χ0) is 16.9. The molecule has 0 aliphatic heterocycles. The number of anilines is 1. The molecule has 0 saturated carbocycles. The van der Waals surface area contributed by atoms with E-state index in [0.29, 0.717) is 10.6 Å². The van der Waals surface area contributed by atoms with Gasteiger partial charge >= 0.3 is 0 Å². The quantitative estimate of drug-likeness (QED) is 0.759. The third kappa shape index (κ3) is 3.73. The minimum absolute atomic E-state index is 0.117. The number of rotatable bonds is 4. The molecule has 0 bridgehead atoms. The summed E-state index contributed by atoms with van der Waals surface area (Å²) in [6.45, 7) is -0.117. The molecule has 0 fully saturated rings. The molecule has 5 heteroatoms. The van der Waals surface area contributed by atoms with Gasteiger partial charge in [0.1, 0.15) is 0 Å². The average Bonchev–Trinajstić information content (AvgIpc) is 2.60. The number of carbonyl (C=O) groups excluding carboxylic acids is 2. The summed E-state index contributed by atoms with van der Waals surface area (Å²) in [5.41, 5.74) is 1.13. The first-order chi connectivity index (χ1) is 11.6. The van der Waals surface area contributed by atoms with E-state index in [1.165, 1.54) is 0 Å². The molecule has 0 heterocycles. The standard InChI is InChI=1S/C19H15ClN2O2/c20-15-8-3-7-14(11-15)19(24)21-12-18(23)22-17-10-4-6-13-5-1-2-9-16(13)17/h1-11H,12H2,(H,21,24)(H,22,23). The molecule has 0 aliphatic carbocycles. The van der Waals surface area contributed by atoms with E-state index < -0.39 is 0 Å². The minimum Gasteiger partial charge on any atom is -0.343 e. The van der Waals surface area contributed by atoms with Crippen LogP contribution in [-0.4, -0.2) is 18.4 Å². The van der Waals surface area contributed by atoms with Crippen molar-refractivity contribution in [2.45, 2.75) is 0 Å². The summed E-state index contributed by atoms with van der Waals surface area (Å²) < 4.78 is 0. The predicted molar refractivity (Wildman–Crippen MR) is 96.4 cm³/mol. The molecular weight excluding hydrogens is 324 g/mol. The second-order valence-corrected chi connectivity index (χ2v) is 5.70. The van der Waals surface area contributed by atoms with Crippen molar-refractivity contribution in [1.29, 1.82) is 0 Å². The molecule has 4 nitrogen and oxygen atoms in total. The lowest BCUT2D eigenvalue weighted by Crippen LogP contribution is -2.32. The third-order valence-electron chi connectivity index (χ3n) is 3.56. The fraction of sp³-hybridized carbons (Fsp3) is 0.0526. The van der Waals surface area contributed by atoms with Gasteiger partial charge in [-0.3, -0.25) is 9.59 Å². The van der Waals surface area contributed by atoms with Crippen LogP contribution in [0, 0.1) is 0 Å². The van der Waals surface area contributed by atoms with Crippen molar-refractivity contribution in [2.75, 3.05) is 11.9 Å². The van der Waals surface area contributed by atoms with E-state index in [1.807, 2.05) is 42.5 Å². The number of amides is 2. The van der Waals surface area contributed by atoms with E-state index in [4.69, 9.17) is 11.6 Å². The van der Waals surface area contributed by atoms with Crippen molar-refractivity contribution in [3.63, 3.8) is 0 Å². The number of hydrogen-bond acceptors (Lipinski definition) is 2. The van der Waals surface area contributed by atoms with E-state index in [1.54, 1.807) is 24.3 Å². The highest BCUT2D eigenvalue weighted by Gasteiger charge is 2.09. The Morgan fingerprint density at radius 2 is 1.67 bits per heavy atom. The van der Waals surface area contributed by atoms with Crippen LogP contribution < -0.4 is 10.6 Å². The van der Waals surface area contributed by atoms with Crippen LogP contribution in [0.15, 0.2) is 66.7 Å². The second kappa shape index (κ2) is 7.15. The maximum atomic E-state index is 12.1. The van der Waals surface area contributed by atoms with Crippen LogP contribution >= 0.6 is 11.6 Å². The van der Waals surface area contributed by atoms with E-state index >= 15 is 0 Å². The number of halogens is 1. The average molecular weight is 339 g/mol. The van der Waals surface area contributed by atoms with Crippen molar-refractivity contribution in [2.24, 2.45) is 0 Å². The van der Waals surface area contributed by atoms with Gasteiger partial charge in [-0.2, -0.15) is 0 Å². The van der Waals surface area contributed by atoms with Gasteiger partial charge in [0.25, 0.3) is 5.91 Å². The Kier molecular flexibility index (Phi) is 4.77. The summed E-state index contributed by atoms with van der Waals surface area (Å²) in [5.74, 6) is -0.632. The molecule has 120 valence electrons. The predicted octanol–water partition coefficient (Wildman–Crippen LogP) is 3.86. The van der Waals surface area contributed by atoms with Crippen molar-refractivity contribution >= 4 is 39.9 Å². The van der Waals surface area contributed by atoms with Crippen molar-refractivity contribution in [3.05, 3.63) is 77.3 Å². The van der Waals surface area contributed by atoms with Gasteiger partial charge in [-0.05, 0) is 29.7 Å². The number of fused-ring (bicyclic) bond motifs is 1. The van der Waals surface area contributed by atoms with Crippen LogP contribution in [0.1, 0.15) is 10.4 Å². The molecule has 3 rings (SSSR count). The van der Waals surface area contributed by atoms with E-state index in [2.05, 4.69) is 10.6 Å². The van der Waals surface area contributed by atoms with Gasteiger partial charge in [0, 0.05) is 21.7 Å². The van der Waals surface area contributed by atoms with E-state index in [0.717, 1.165) is 16.5 Å². The monoisotopic (exact) mass is 338 g/mol. The SMILES string of the molecule is O=C(CNC(=O)c1cccc(Cl)c1)Nc1cccc2ccccc12. The molecule has 0 aliphatic rings. The molecule has 0 unspecified atom stereocenters. The fourth-order valence-corrected chi connectivity index (χ4v) is 2.61. The maximum Gasteiger partial charge on any atom is 0.251 e. The second-order valence-electron chi connectivity index (χ2n) is 5.27. The minimum atomic E-state index is -0.342. The molecule has 2 amide bonds. The van der Waals surface area contributed by atoms with Gasteiger partial charge in [0.05, 0.1) is 6.54 Å². The Morgan fingerprint density at radius 3 is 2.50 bits per heavy atom. The molecular formula is C19H15ClN2O2. The first-order valence-corrected chi connectivity index (χ1v) is 7.83.